The molecule has 1 saturated heterocycles. The Morgan fingerprint density at radius 3 is 2.67 bits per heavy atom. The molecule has 1 rings (SSSR count). The molecule has 1 aliphatic rings. The fourth-order valence-electron chi connectivity index (χ4n) is 2.10. The van der Waals surface area contributed by atoms with Crippen LogP contribution in [0, 0.1) is 11.8 Å². The van der Waals surface area contributed by atoms with Crippen molar-refractivity contribution in [3.63, 3.8) is 0 Å². The second-order valence-electron chi connectivity index (χ2n) is 4.91. The number of rotatable bonds is 4. The van der Waals surface area contributed by atoms with E-state index < -0.39 is 0 Å². The van der Waals surface area contributed by atoms with Crippen molar-refractivity contribution < 1.29 is 4.79 Å². The van der Waals surface area contributed by atoms with Crippen LogP contribution in [0.5, 0.6) is 0 Å². The van der Waals surface area contributed by atoms with E-state index in [9.17, 15) is 4.79 Å². The number of amides is 1. The molecule has 15 heavy (non-hydrogen) atoms. The van der Waals surface area contributed by atoms with Crippen LogP contribution in [0.2, 0.25) is 0 Å². The minimum Gasteiger partial charge on any atom is -0.352 e. The van der Waals surface area contributed by atoms with Crippen LogP contribution in [0.15, 0.2) is 0 Å². The van der Waals surface area contributed by atoms with Crippen molar-refractivity contribution in [1.29, 1.82) is 0 Å². The van der Waals surface area contributed by atoms with Crippen molar-refractivity contribution >= 4 is 5.91 Å². The van der Waals surface area contributed by atoms with E-state index in [1.165, 1.54) is 0 Å². The molecule has 3 atom stereocenters. The molecule has 0 radical (unpaired) electrons. The highest BCUT2D eigenvalue weighted by atomic mass is 16.2. The molecule has 2 N–H and O–H groups in total. The summed E-state index contributed by atoms with van der Waals surface area (Å²) in [5.74, 6) is 0.799. The Hall–Kier alpha value is -0.610. The number of hydrogen-bond donors (Lipinski definition) is 2. The first-order valence-corrected chi connectivity index (χ1v) is 5.66. The van der Waals surface area contributed by atoms with Gasteiger partial charge in [0.05, 0.1) is 5.92 Å². The van der Waals surface area contributed by atoms with Crippen molar-refractivity contribution in [2.75, 3.05) is 33.7 Å². The summed E-state index contributed by atoms with van der Waals surface area (Å²) < 4.78 is 0. The third kappa shape index (κ3) is 3.80. The third-order valence-electron chi connectivity index (χ3n) is 2.88. The van der Waals surface area contributed by atoms with Gasteiger partial charge >= 0.3 is 0 Å². The molecular weight excluding hydrogens is 190 g/mol. The number of nitrogens with zero attached hydrogens (tertiary/aromatic N) is 1. The highest BCUT2D eigenvalue weighted by molar-refractivity contribution is 5.79. The van der Waals surface area contributed by atoms with Gasteiger partial charge in [-0.2, -0.15) is 0 Å². The van der Waals surface area contributed by atoms with Crippen molar-refractivity contribution in [1.82, 2.24) is 15.5 Å². The Morgan fingerprint density at radius 1 is 1.53 bits per heavy atom. The van der Waals surface area contributed by atoms with Gasteiger partial charge in [-0.3, -0.25) is 4.79 Å². The average molecular weight is 213 g/mol. The van der Waals surface area contributed by atoms with Crippen LogP contribution in [-0.4, -0.2) is 50.6 Å². The molecule has 4 nitrogen and oxygen atoms in total. The van der Waals surface area contributed by atoms with Gasteiger partial charge in [-0.05, 0) is 33.5 Å². The Morgan fingerprint density at radius 2 is 2.20 bits per heavy atom. The highest BCUT2D eigenvalue weighted by Gasteiger charge is 2.29. The van der Waals surface area contributed by atoms with E-state index >= 15 is 0 Å². The van der Waals surface area contributed by atoms with Gasteiger partial charge in [-0.25, -0.2) is 0 Å². The molecule has 0 aromatic rings. The van der Waals surface area contributed by atoms with E-state index in [0.29, 0.717) is 5.92 Å². The second kappa shape index (κ2) is 5.47. The number of carbonyl (C=O) groups excluding carboxylic acids is 1. The van der Waals surface area contributed by atoms with E-state index in [4.69, 9.17) is 0 Å². The summed E-state index contributed by atoms with van der Waals surface area (Å²) in [6.45, 7) is 6.84. The van der Waals surface area contributed by atoms with Crippen LogP contribution in [0.25, 0.3) is 0 Å². The molecule has 88 valence electrons. The maximum absolute atomic E-state index is 11.9. The molecular formula is C11H23N3O. The van der Waals surface area contributed by atoms with Crippen molar-refractivity contribution in [2.24, 2.45) is 11.8 Å². The molecule has 3 unspecified atom stereocenters. The lowest BCUT2D eigenvalue weighted by atomic mass is 9.97. The molecule has 4 heteroatoms. The van der Waals surface area contributed by atoms with E-state index in [-0.39, 0.29) is 17.9 Å². The lowest BCUT2D eigenvalue weighted by Gasteiger charge is -2.21. The summed E-state index contributed by atoms with van der Waals surface area (Å²) in [4.78, 5) is 14.0. The maximum Gasteiger partial charge on any atom is 0.224 e. The Balaban J connectivity index is 2.34. The molecule has 1 amide bonds. The molecule has 1 aliphatic heterocycles. The van der Waals surface area contributed by atoms with Crippen LogP contribution in [0.4, 0.5) is 0 Å². The van der Waals surface area contributed by atoms with Gasteiger partial charge in [-0.15, -0.1) is 0 Å². The van der Waals surface area contributed by atoms with Gasteiger partial charge < -0.3 is 15.5 Å². The number of likely N-dealkylation sites (N-methyl/N-ethyl adjacent to an activating group) is 1. The molecule has 0 bridgehead atoms. The minimum atomic E-state index is 0.148. The summed E-state index contributed by atoms with van der Waals surface area (Å²) in [5.41, 5.74) is 0. The largest absolute Gasteiger partial charge is 0.352 e. The quantitative estimate of drug-likeness (QED) is 0.686. The zero-order chi connectivity index (χ0) is 11.4. The number of nitrogens with one attached hydrogen (secondary N) is 2. The molecule has 0 aliphatic carbocycles. The fourth-order valence-corrected chi connectivity index (χ4v) is 2.10. The lowest BCUT2D eigenvalue weighted by molar-refractivity contribution is -0.126. The first-order valence-electron chi connectivity index (χ1n) is 5.66. The van der Waals surface area contributed by atoms with E-state index in [2.05, 4.69) is 22.5 Å². The molecule has 0 aromatic carbocycles. The SMILES string of the molecule is CC(CN(C)C)NC(=O)C1CNCC1C. The molecule has 1 heterocycles. The Labute approximate surface area is 92.4 Å². The molecule has 0 spiro atoms. The topological polar surface area (TPSA) is 44.4 Å². The predicted octanol–water partition coefficient (Wildman–Crippen LogP) is -0.0918. The molecule has 1 fully saturated rings. The van der Waals surface area contributed by atoms with Gasteiger partial charge in [0.2, 0.25) is 5.91 Å². The average Bonchev–Trinajstić information content (AvgIpc) is 2.49. The fraction of sp³-hybridized carbons (Fsp3) is 0.909. The summed E-state index contributed by atoms with van der Waals surface area (Å²) in [6.07, 6.45) is 0. The minimum absolute atomic E-state index is 0.148. The summed E-state index contributed by atoms with van der Waals surface area (Å²) in [6, 6.07) is 0.222. The van der Waals surface area contributed by atoms with Crippen LogP contribution < -0.4 is 10.6 Å². The Bertz CT molecular complexity index is 218. The van der Waals surface area contributed by atoms with E-state index in [0.717, 1.165) is 19.6 Å². The third-order valence-corrected chi connectivity index (χ3v) is 2.88. The van der Waals surface area contributed by atoms with Crippen molar-refractivity contribution in [3.05, 3.63) is 0 Å². The second-order valence-corrected chi connectivity index (χ2v) is 4.91. The van der Waals surface area contributed by atoms with Crippen molar-refractivity contribution in [3.8, 4) is 0 Å². The van der Waals surface area contributed by atoms with Crippen LogP contribution in [0.1, 0.15) is 13.8 Å². The predicted molar refractivity (Wildman–Crippen MR) is 61.7 cm³/mol. The first kappa shape index (κ1) is 12.5. The van der Waals surface area contributed by atoms with Gasteiger partial charge in [0.1, 0.15) is 0 Å². The monoisotopic (exact) mass is 213 g/mol. The van der Waals surface area contributed by atoms with E-state index in [1.54, 1.807) is 0 Å². The summed E-state index contributed by atoms with van der Waals surface area (Å²) in [5, 5.41) is 6.31. The zero-order valence-corrected chi connectivity index (χ0v) is 10.2. The van der Waals surface area contributed by atoms with Crippen LogP contribution >= 0.6 is 0 Å². The standard InChI is InChI=1S/C11H23N3O/c1-8-5-12-6-10(8)11(15)13-9(2)7-14(3)4/h8-10,12H,5-7H2,1-4H3,(H,13,15). The molecule has 0 aromatic heterocycles. The van der Waals surface area contributed by atoms with Gasteiger partial charge in [-0.1, -0.05) is 6.92 Å². The normalized spacial score (nSPS) is 28.1. The smallest absolute Gasteiger partial charge is 0.224 e. The highest BCUT2D eigenvalue weighted by Crippen LogP contribution is 2.15. The maximum atomic E-state index is 11.9. The van der Waals surface area contributed by atoms with Crippen LogP contribution in [0.3, 0.4) is 0 Å². The first-order chi connectivity index (χ1) is 7.00. The number of hydrogen-bond acceptors (Lipinski definition) is 3. The van der Waals surface area contributed by atoms with Gasteiger partial charge in [0.25, 0.3) is 0 Å². The van der Waals surface area contributed by atoms with E-state index in [1.807, 2.05) is 21.0 Å². The van der Waals surface area contributed by atoms with Crippen molar-refractivity contribution in [2.45, 2.75) is 19.9 Å². The Kier molecular flexibility index (Phi) is 4.54. The molecule has 0 saturated carbocycles. The summed E-state index contributed by atoms with van der Waals surface area (Å²) >= 11 is 0. The van der Waals surface area contributed by atoms with Crippen LogP contribution in [-0.2, 0) is 4.79 Å². The summed E-state index contributed by atoms with van der Waals surface area (Å²) in [7, 11) is 4.03. The van der Waals surface area contributed by atoms with Gasteiger partial charge in [0.15, 0.2) is 0 Å². The number of carbonyl (C=O) groups is 1. The van der Waals surface area contributed by atoms with Gasteiger partial charge in [0, 0.05) is 19.1 Å². The lowest BCUT2D eigenvalue weighted by Crippen LogP contribution is -2.43. The zero-order valence-electron chi connectivity index (χ0n) is 10.2.